The number of ketones is 1. The largest absolute Gasteiger partial charge is 0.297 e. The number of carbonyl (C=O) groups is 1. The summed E-state index contributed by atoms with van der Waals surface area (Å²) < 4.78 is 30.4. The highest BCUT2D eigenvalue weighted by molar-refractivity contribution is 7.86. The van der Waals surface area contributed by atoms with Crippen molar-refractivity contribution in [1.82, 2.24) is 0 Å². The maximum absolute atomic E-state index is 12.6. The molecule has 5 heteroatoms. The molecule has 0 spiro atoms. The Kier molecular flexibility index (Phi) is 12.1. The summed E-state index contributed by atoms with van der Waals surface area (Å²) in [6, 6.07) is 23.7. The normalized spacial score (nSPS) is 11.5. The zero-order valence-electron chi connectivity index (χ0n) is 22.0. The van der Waals surface area contributed by atoms with Gasteiger partial charge in [-0.15, -0.1) is 0 Å². The van der Waals surface area contributed by atoms with E-state index in [1.165, 1.54) is 57.8 Å². The molecular weight excluding hydrogens is 480 g/mol. The molecule has 0 fully saturated rings. The first kappa shape index (κ1) is 28.8. The molecule has 0 saturated heterocycles. The van der Waals surface area contributed by atoms with Crippen molar-refractivity contribution < 1.29 is 17.4 Å². The molecule has 0 aliphatic rings. The molecule has 4 nitrogen and oxygen atoms in total. The summed E-state index contributed by atoms with van der Waals surface area (Å²) in [5.41, 5.74) is 3.42. The van der Waals surface area contributed by atoms with Gasteiger partial charge in [-0.1, -0.05) is 125 Å². The SMILES string of the molecule is CCCCCCCCCCCCc1ccc(S(=O)(=O)OCC(=O)c2cccc(-c3ccccc3)c2)cc1. The smallest absolute Gasteiger partial charge is 0.291 e. The molecule has 0 amide bonds. The van der Waals surface area contributed by atoms with Crippen LogP contribution in [0.25, 0.3) is 11.1 Å². The van der Waals surface area contributed by atoms with Crippen molar-refractivity contribution in [1.29, 1.82) is 0 Å². The Labute approximate surface area is 223 Å². The molecule has 198 valence electrons. The number of aryl methyl sites for hydroxylation is 1. The molecule has 0 aliphatic heterocycles. The number of benzene rings is 3. The van der Waals surface area contributed by atoms with Crippen molar-refractivity contribution in [3.63, 3.8) is 0 Å². The van der Waals surface area contributed by atoms with Crippen LogP contribution in [0.4, 0.5) is 0 Å². The molecule has 0 atom stereocenters. The van der Waals surface area contributed by atoms with Gasteiger partial charge >= 0.3 is 0 Å². The second kappa shape index (κ2) is 15.5. The van der Waals surface area contributed by atoms with E-state index in [0.29, 0.717) is 5.56 Å². The minimum Gasteiger partial charge on any atom is -0.291 e. The molecule has 0 aliphatic carbocycles. The monoisotopic (exact) mass is 520 g/mol. The Balaban J connectivity index is 1.41. The lowest BCUT2D eigenvalue weighted by Crippen LogP contribution is -2.15. The Morgan fingerprint density at radius 3 is 1.92 bits per heavy atom. The van der Waals surface area contributed by atoms with Crippen LogP contribution in [0.1, 0.15) is 87.1 Å². The summed E-state index contributed by atoms with van der Waals surface area (Å²) in [6.07, 6.45) is 13.9. The topological polar surface area (TPSA) is 60.4 Å². The summed E-state index contributed by atoms with van der Waals surface area (Å²) in [7, 11) is -4.01. The Morgan fingerprint density at radius 2 is 1.27 bits per heavy atom. The molecule has 0 saturated carbocycles. The van der Waals surface area contributed by atoms with E-state index in [4.69, 9.17) is 4.18 Å². The predicted octanol–water partition coefficient (Wildman–Crippen LogP) is 8.41. The highest BCUT2D eigenvalue weighted by Crippen LogP contribution is 2.21. The van der Waals surface area contributed by atoms with Crippen LogP contribution >= 0.6 is 0 Å². The van der Waals surface area contributed by atoms with Crippen molar-refractivity contribution in [2.75, 3.05) is 6.61 Å². The van der Waals surface area contributed by atoms with Crippen molar-refractivity contribution in [3.05, 3.63) is 90.0 Å². The van der Waals surface area contributed by atoms with Gasteiger partial charge in [0.1, 0.15) is 6.61 Å². The van der Waals surface area contributed by atoms with Crippen LogP contribution in [0, 0.1) is 0 Å². The van der Waals surface area contributed by atoms with E-state index in [1.54, 1.807) is 30.3 Å². The van der Waals surface area contributed by atoms with Crippen LogP contribution in [0.3, 0.4) is 0 Å². The average Bonchev–Trinajstić information content (AvgIpc) is 2.93. The van der Waals surface area contributed by atoms with Gasteiger partial charge in [-0.2, -0.15) is 8.42 Å². The summed E-state index contributed by atoms with van der Waals surface area (Å²) in [5.74, 6) is -0.376. The van der Waals surface area contributed by atoms with E-state index >= 15 is 0 Å². The van der Waals surface area contributed by atoms with Crippen LogP contribution < -0.4 is 0 Å². The number of rotatable bonds is 17. The number of carbonyl (C=O) groups excluding carboxylic acids is 1. The molecule has 0 bridgehead atoms. The Morgan fingerprint density at radius 1 is 0.676 bits per heavy atom. The van der Waals surface area contributed by atoms with Gasteiger partial charge in [0.15, 0.2) is 5.78 Å². The van der Waals surface area contributed by atoms with Gasteiger partial charge in [-0.3, -0.25) is 8.98 Å². The molecule has 3 rings (SSSR count). The number of hydrogen-bond acceptors (Lipinski definition) is 4. The van der Waals surface area contributed by atoms with E-state index in [1.807, 2.05) is 48.5 Å². The molecule has 3 aromatic carbocycles. The van der Waals surface area contributed by atoms with E-state index in [-0.39, 0.29) is 10.7 Å². The molecule has 0 unspecified atom stereocenters. The summed E-state index contributed by atoms with van der Waals surface area (Å²) in [6.45, 7) is 1.72. The van der Waals surface area contributed by atoms with Gasteiger partial charge in [-0.25, -0.2) is 0 Å². The number of hydrogen-bond donors (Lipinski definition) is 0. The summed E-state index contributed by atoms with van der Waals surface area (Å²) in [5, 5.41) is 0. The van der Waals surface area contributed by atoms with Gasteiger partial charge in [0.25, 0.3) is 10.1 Å². The highest BCUT2D eigenvalue weighted by Gasteiger charge is 2.18. The zero-order valence-corrected chi connectivity index (χ0v) is 22.8. The third-order valence-corrected chi connectivity index (χ3v) is 7.95. The van der Waals surface area contributed by atoms with Gasteiger partial charge < -0.3 is 0 Å². The lowest BCUT2D eigenvalue weighted by molar-refractivity contribution is 0.0924. The molecular formula is C32H40O4S. The van der Waals surface area contributed by atoms with Crippen LogP contribution in [0.15, 0.2) is 83.8 Å². The first-order chi connectivity index (χ1) is 18.0. The molecule has 0 radical (unpaired) electrons. The first-order valence-corrected chi connectivity index (χ1v) is 15.1. The number of unbranched alkanes of at least 4 members (excludes halogenated alkanes) is 9. The Hall–Kier alpha value is -2.76. The summed E-state index contributed by atoms with van der Waals surface area (Å²) >= 11 is 0. The van der Waals surface area contributed by atoms with Gasteiger partial charge in [0.2, 0.25) is 0 Å². The van der Waals surface area contributed by atoms with Gasteiger partial charge in [0.05, 0.1) is 4.90 Å². The lowest BCUT2D eigenvalue weighted by Gasteiger charge is -2.08. The maximum Gasteiger partial charge on any atom is 0.297 e. The van der Waals surface area contributed by atoms with E-state index in [0.717, 1.165) is 29.5 Å². The fourth-order valence-corrected chi connectivity index (χ4v) is 5.29. The molecule has 3 aromatic rings. The molecule has 37 heavy (non-hydrogen) atoms. The zero-order chi connectivity index (χ0) is 26.3. The van der Waals surface area contributed by atoms with Crippen LogP contribution in [0.5, 0.6) is 0 Å². The Bertz CT molecular complexity index is 1180. The van der Waals surface area contributed by atoms with Crippen LogP contribution in [-0.4, -0.2) is 20.8 Å². The van der Waals surface area contributed by atoms with Crippen LogP contribution in [-0.2, 0) is 20.7 Å². The highest BCUT2D eigenvalue weighted by atomic mass is 32.2. The third-order valence-electron chi connectivity index (χ3n) is 6.67. The standard InChI is InChI=1S/C32H40O4S/c1-2-3-4-5-6-7-8-9-10-12-16-27-21-23-31(24-22-27)37(34,35)36-26-32(33)30-20-15-19-29(25-30)28-17-13-11-14-18-28/h11,13-15,17-25H,2-10,12,16,26H2,1H3. The maximum atomic E-state index is 12.6. The van der Waals surface area contributed by atoms with Crippen molar-refractivity contribution in [2.24, 2.45) is 0 Å². The molecule has 0 N–H and O–H groups in total. The quantitative estimate of drug-likeness (QED) is 0.102. The summed E-state index contributed by atoms with van der Waals surface area (Å²) in [4.78, 5) is 12.7. The van der Waals surface area contributed by atoms with Crippen molar-refractivity contribution in [3.8, 4) is 11.1 Å². The first-order valence-electron chi connectivity index (χ1n) is 13.7. The van der Waals surface area contributed by atoms with Crippen molar-refractivity contribution in [2.45, 2.75) is 82.4 Å². The van der Waals surface area contributed by atoms with E-state index in [9.17, 15) is 13.2 Å². The predicted molar refractivity (Wildman–Crippen MR) is 151 cm³/mol. The minimum absolute atomic E-state index is 0.0742. The molecule has 0 heterocycles. The van der Waals surface area contributed by atoms with E-state index in [2.05, 4.69) is 6.92 Å². The third kappa shape index (κ3) is 9.90. The molecule has 0 aromatic heterocycles. The minimum atomic E-state index is -4.01. The van der Waals surface area contributed by atoms with Crippen molar-refractivity contribution >= 4 is 15.9 Å². The fraction of sp³-hybridized carbons (Fsp3) is 0.406. The second-order valence-corrected chi connectivity index (χ2v) is 11.3. The number of Topliss-reactive ketones (excluding diaryl/α,β-unsaturated/α-hetero) is 1. The second-order valence-electron chi connectivity index (χ2n) is 9.66. The van der Waals surface area contributed by atoms with Gasteiger partial charge in [0, 0.05) is 5.56 Å². The fourth-order valence-electron chi connectivity index (χ4n) is 4.42. The van der Waals surface area contributed by atoms with Crippen LogP contribution in [0.2, 0.25) is 0 Å². The average molecular weight is 521 g/mol. The van der Waals surface area contributed by atoms with E-state index < -0.39 is 16.7 Å². The lowest BCUT2D eigenvalue weighted by atomic mass is 10.0. The van der Waals surface area contributed by atoms with Gasteiger partial charge in [-0.05, 0) is 47.7 Å².